The van der Waals surface area contributed by atoms with Gasteiger partial charge in [-0.05, 0) is 54.9 Å². The number of nitrogens with one attached hydrogen (secondary N) is 1. The van der Waals surface area contributed by atoms with Crippen molar-refractivity contribution in [2.75, 3.05) is 23.3 Å². The van der Waals surface area contributed by atoms with Gasteiger partial charge in [0.1, 0.15) is 5.82 Å². The third-order valence-corrected chi connectivity index (χ3v) is 8.96. The summed E-state index contributed by atoms with van der Waals surface area (Å²) in [5, 5.41) is 9.62. The van der Waals surface area contributed by atoms with Crippen molar-refractivity contribution in [3.8, 4) is 11.1 Å². The van der Waals surface area contributed by atoms with Gasteiger partial charge in [-0.3, -0.25) is 0 Å². The number of fused-ring (bicyclic) bond motifs is 1. The largest absolute Gasteiger partial charge is 0.350 e. The molecule has 7 nitrogen and oxygen atoms in total. The van der Waals surface area contributed by atoms with Crippen molar-refractivity contribution >= 4 is 39.9 Å². The average Bonchev–Trinajstić information content (AvgIpc) is 3.50. The van der Waals surface area contributed by atoms with E-state index in [0.29, 0.717) is 45.0 Å². The molecule has 1 aliphatic heterocycles. The summed E-state index contributed by atoms with van der Waals surface area (Å²) in [6.07, 6.45) is 4.10. The number of hydrogen-bond donors (Lipinski definition) is 1. The van der Waals surface area contributed by atoms with Gasteiger partial charge in [0, 0.05) is 48.3 Å². The Balaban J connectivity index is 1.19. The second-order valence-corrected chi connectivity index (χ2v) is 10.7. The molecule has 11 heteroatoms. The molecule has 34 heavy (non-hydrogen) atoms. The van der Waals surface area contributed by atoms with Gasteiger partial charge in [-0.2, -0.15) is 9.36 Å². The minimum atomic E-state index is -0.916. The maximum atomic E-state index is 13.9. The van der Waals surface area contributed by atoms with E-state index in [-0.39, 0.29) is 6.04 Å². The first-order chi connectivity index (χ1) is 16.4. The maximum absolute atomic E-state index is 13.9. The standard InChI is InChI=1S/C23H20ClF2N7S/c1-11-27-22(34-31-11)32-9-16-19(15-4-5-23(15,16)10-32)28-21-29-20-14(7-13(24)8-33(20)30-21)12-2-3-17(25)18(26)6-12/h2-3,6-8,15-16,19H,4-5,9-10H2,1H3,(H,28,30)/t15-,16-,19?,23?/m1/s1. The Kier molecular flexibility index (Phi) is 4.27. The Hall–Kier alpha value is -2.85. The topological polar surface area (TPSA) is 71.2 Å². The predicted molar refractivity (Wildman–Crippen MR) is 126 cm³/mol. The molecule has 0 amide bonds. The number of benzene rings is 1. The third kappa shape index (κ3) is 2.84. The summed E-state index contributed by atoms with van der Waals surface area (Å²) < 4.78 is 33.3. The van der Waals surface area contributed by atoms with Gasteiger partial charge in [-0.15, -0.1) is 5.10 Å². The highest BCUT2D eigenvalue weighted by Crippen LogP contribution is 2.68. The lowest BCUT2D eigenvalue weighted by Crippen LogP contribution is -2.68. The summed E-state index contributed by atoms with van der Waals surface area (Å²) in [6, 6.07) is 5.75. The molecular weight excluding hydrogens is 480 g/mol. The van der Waals surface area contributed by atoms with Crippen LogP contribution in [-0.2, 0) is 0 Å². The zero-order chi connectivity index (χ0) is 23.2. The third-order valence-electron chi connectivity index (χ3n) is 7.88. The van der Waals surface area contributed by atoms with Crippen LogP contribution >= 0.6 is 23.1 Å². The predicted octanol–water partition coefficient (Wildman–Crippen LogP) is 4.81. The van der Waals surface area contributed by atoms with E-state index in [1.807, 2.05) is 6.92 Å². The Bertz CT molecular complexity index is 1450. The molecule has 4 atom stereocenters. The molecule has 3 aliphatic rings. The molecular formula is C23H20ClF2N7S. The van der Waals surface area contributed by atoms with Crippen LogP contribution in [0.15, 0.2) is 30.5 Å². The number of halogens is 3. The smallest absolute Gasteiger partial charge is 0.243 e. The van der Waals surface area contributed by atoms with Gasteiger partial charge in [0.2, 0.25) is 11.1 Å². The molecule has 1 saturated heterocycles. The Morgan fingerprint density at radius 1 is 1.18 bits per heavy atom. The normalized spacial score (nSPS) is 27.3. The monoisotopic (exact) mass is 499 g/mol. The first-order valence-corrected chi connectivity index (χ1v) is 12.4. The summed E-state index contributed by atoms with van der Waals surface area (Å²) in [7, 11) is 0. The zero-order valence-electron chi connectivity index (χ0n) is 18.2. The van der Waals surface area contributed by atoms with Crippen molar-refractivity contribution in [2.24, 2.45) is 17.3 Å². The van der Waals surface area contributed by atoms with Crippen LogP contribution in [-0.4, -0.2) is 43.1 Å². The van der Waals surface area contributed by atoms with Crippen LogP contribution in [0, 0.1) is 35.8 Å². The van der Waals surface area contributed by atoms with Gasteiger partial charge < -0.3 is 10.2 Å². The van der Waals surface area contributed by atoms with Crippen LogP contribution < -0.4 is 10.2 Å². The highest BCUT2D eigenvalue weighted by atomic mass is 35.5. The van der Waals surface area contributed by atoms with E-state index >= 15 is 0 Å². The van der Waals surface area contributed by atoms with E-state index < -0.39 is 11.6 Å². The van der Waals surface area contributed by atoms with Crippen molar-refractivity contribution in [2.45, 2.75) is 25.8 Å². The van der Waals surface area contributed by atoms with Crippen LogP contribution in [0.1, 0.15) is 18.7 Å². The Morgan fingerprint density at radius 2 is 2.06 bits per heavy atom. The summed E-state index contributed by atoms with van der Waals surface area (Å²) in [4.78, 5) is 11.7. The fraction of sp³-hybridized carbons (Fsp3) is 0.391. The maximum Gasteiger partial charge on any atom is 0.243 e. The summed E-state index contributed by atoms with van der Waals surface area (Å²) in [5.41, 5.74) is 1.97. The first-order valence-electron chi connectivity index (χ1n) is 11.2. The van der Waals surface area contributed by atoms with Gasteiger partial charge in [0.05, 0.1) is 5.02 Å². The van der Waals surface area contributed by atoms with E-state index in [1.165, 1.54) is 30.4 Å². The van der Waals surface area contributed by atoms with Crippen LogP contribution in [0.25, 0.3) is 16.8 Å². The van der Waals surface area contributed by atoms with Gasteiger partial charge in [0.15, 0.2) is 17.3 Å². The number of rotatable bonds is 4. The van der Waals surface area contributed by atoms with Crippen LogP contribution in [0.2, 0.25) is 5.02 Å². The minimum absolute atomic E-state index is 0.285. The van der Waals surface area contributed by atoms with Crippen molar-refractivity contribution < 1.29 is 8.78 Å². The highest BCUT2D eigenvalue weighted by Gasteiger charge is 2.70. The lowest BCUT2D eigenvalue weighted by Gasteiger charge is -2.65. The van der Waals surface area contributed by atoms with E-state index in [9.17, 15) is 8.78 Å². The molecule has 1 aromatic carbocycles. The Labute approximate surface area is 203 Å². The number of pyridine rings is 1. The first kappa shape index (κ1) is 20.5. The molecule has 174 valence electrons. The Morgan fingerprint density at radius 3 is 2.79 bits per heavy atom. The highest BCUT2D eigenvalue weighted by molar-refractivity contribution is 7.09. The molecule has 0 radical (unpaired) electrons. The van der Waals surface area contributed by atoms with Crippen molar-refractivity contribution in [3.05, 3.63) is 52.9 Å². The van der Waals surface area contributed by atoms with Gasteiger partial charge in [0.25, 0.3) is 0 Å². The van der Waals surface area contributed by atoms with Crippen LogP contribution in [0.4, 0.5) is 19.9 Å². The fourth-order valence-electron chi connectivity index (χ4n) is 6.27. The molecule has 4 aromatic rings. The van der Waals surface area contributed by atoms with E-state index in [2.05, 4.69) is 24.7 Å². The SMILES string of the molecule is Cc1nsc(N2C[C@@H]3C(Nc4nc5c(-c6ccc(F)c(F)c6)cc(Cl)cn5n4)[C@H]4CCC43C2)n1. The van der Waals surface area contributed by atoms with Gasteiger partial charge in [-0.25, -0.2) is 18.3 Å². The lowest BCUT2D eigenvalue weighted by molar-refractivity contribution is -0.117. The van der Waals surface area contributed by atoms with Gasteiger partial charge in [-0.1, -0.05) is 17.7 Å². The molecule has 2 saturated carbocycles. The van der Waals surface area contributed by atoms with Crippen molar-refractivity contribution in [1.29, 1.82) is 0 Å². The molecule has 4 heterocycles. The second kappa shape index (κ2) is 7.08. The average molecular weight is 500 g/mol. The van der Waals surface area contributed by atoms with Crippen LogP contribution in [0.3, 0.4) is 0 Å². The molecule has 1 N–H and O–H groups in total. The second-order valence-electron chi connectivity index (χ2n) is 9.56. The lowest BCUT2D eigenvalue weighted by atomic mass is 9.41. The van der Waals surface area contributed by atoms with Gasteiger partial charge >= 0.3 is 0 Å². The quantitative estimate of drug-likeness (QED) is 0.434. The number of nitrogens with zero attached hydrogens (tertiary/aromatic N) is 6. The summed E-state index contributed by atoms with van der Waals surface area (Å²) in [5.74, 6) is 0.603. The van der Waals surface area contributed by atoms with E-state index in [0.717, 1.165) is 36.2 Å². The molecule has 3 fully saturated rings. The van der Waals surface area contributed by atoms with Crippen molar-refractivity contribution in [3.63, 3.8) is 0 Å². The molecule has 0 bridgehead atoms. The molecule has 2 aliphatic carbocycles. The van der Waals surface area contributed by atoms with Crippen LogP contribution in [0.5, 0.6) is 0 Å². The molecule has 1 spiro atoms. The molecule has 2 unspecified atom stereocenters. The number of aryl methyl sites for hydroxylation is 1. The minimum Gasteiger partial charge on any atom is -0.350 e. The zero-order valence-corrected chi connectivity index (χ0v) is 19.7. The summed E-state index contributed by atoms with van der Waals surface area (Å²) >= 11 is 7.77. The summed E-state index contributed by atoms with van der Waals surface area (Å²) in [6.45, 7) is 3.90. The number of anilines is 2. The molecule has 7 rings (SSSR count). The van der Waals surface area contributed by atoms with Crippen molar-refractivity contribution in [1.82, 2.24) is 24.0 Å². The fourth-order valence-corrected chi connectivity index (χ4v) is 7.15. The van der Waals surface area contributed by atoms with E-state index in [4.69, 9.17) is 16.6 Å². The number of aromatic nitrogens is 5. The number of hydrogen-bond acceptors (Lipinski definition) is 7. The molecule has 3 aromatic heterocycles. The van der Waals surface area contributed by atoms with E-state index in [1.54, 1.807) is 16.8 Å².